The number of hydrogen-bond acceptors (Lipinski definition) is 7. The summed E-state index contributed by atoms with van der Waals surface area (Å²) >= 11 is 1.47. The Balaban J connectivity index is 1.27. The molecule has 1 amide bonds. The van der Waals surface area contributed by atoms with Crippen LogP contribution in [0.1, 0.15) is 45.6 Å². The number of nitrogens with zero attached hydrogens (tertiary/aromatic N) is 4. The minimum atomic E-state index is -0.300. The Morgan fingerprint density at radius 1 is 1.17 bits per heavy atom. The zero-order valence-corrected chi connectivity index (χ0v) is 18.2. The Kier molecular flexibility index (Phi) is 5.22. The third kappa shape index (κ3) is 3.95. The van der Waals surface area contributed by atoms with Crippen molar-refractivity contribution in [2.75, 3.05) is 30.1 Å². The molecule has 1 unspecified atom stereocenters. The molecule has 3 aliphatic rings. The van der Waals surface area contributed by atoms with Crippen LogP contribution in [0.3, 0.4) is 0 Å². The van der Waals surface area contributed by atoms with Crippen molar-refractivity contribution >= 4 is 29.3 Å². The highest BCUT2D eigenvalue weighted by Crippen LogP contribution is 2.42. The first kappa shape index (κ1) is 19.5. The minimum Gasteiger partial charge on any atom is -0.454 e. The number of thioether (sulfide) groups is 1. The molecule has 1 atom stereocenters. The fourth-order valence-electron chi connectivity index (χ4n) is 3.86. The average Bonchev–Trinajstić information content (AvgIpc) is 3.32. The summed E-state index contributed by atoms with van der Waals surface area (Å²) in [6.45, 7) is 6.48. The number of benzene rings is 1. The van der Waals surface area contributed by atoms with Crippen LogP contribution in [0.15, 0.2) is 23.4 Å². The first-order chi connectivity index (χ1) is 14.6. The molecule has 8 nitrogen and oxygen atoms in total. The van der Waals surface area contributed by atoms with Crippen LogP contribution >= 0.6 is 11.8 Å². The minimum absolute atomic E-state index is 0.0717. The number of hydrogen-bond donors (Lipinski definition) is 1. The third-order valence-electron chi connectivity index (χ3n) is 5.92. The van der Waals surface area contributed by atoms with Gasteiger partial charge in [0.25, 0.3) is 0 Å². The van der Waals surface area contributed by atoms with E-state index >= 15 is 0 Å². The highest BCUT2D eigenvalue weighted by Gasteiger charge is 2.33. The van der Waals surface area contributed by atoms with Gasteiger partial charge in [-0.25, -0.2) is 0 Å². The maximum absolute atomic E-state index is 12.8. The maximum atomic E-state index is 12.8. The fourth-order valence-corrected chi connectivity index (χ4v) is 4.77. The molecule has 1 aliphatic carbocycles. The highest BCUT2D eigenvalue weighted by molar-refractivity contribution is 8.00. The summed E-state index contributed by atoms with van der Waals surface area (Å²) in [7, 11) is 0. The lowest BCUT2D eigenvalue weighted by atomic mass is 10.00. The van der Waals surface area contributed by atoms with Crippen LogP contribution < -0.4 is 19.7 Å². The predicted molar refractivity (Wildman–Crippen MR) is 115 cm³/mol. The number of aromatic nitrogens is 3. The number of nitrogens with one attached hydrogen (secondary N) is 1. The summed E-state index contributed by atoms with van der Waals surface area (Å²) in [5.41, 5.74) is 0.698. The van der Waals surface area contributed by atoms with Crippen LogP contribution in [0, 0.1) is 5.92 Å². The van der Waals surface area contributed by atoms with E-state index in [4.69, 9.17) is 9.47 Å². The second kappa shape index (κ2) is 8.02. The maximum Gasteiger partial charge on any atom is 0.237 e. The topological polar surface area (TPSA) is 81.5 Å². The molecule has 1 aromatic carbocycles. The van der Waals surface area contributed by atoms with Gasteiger partial charge in [0, 0.05) is 30.9 Å². The molecular weight excluding hydrogens is 402 g/mol. The first-order valence-electron chi connectivity index (χ1n) is 10.7. The number of anilines is 2. The Hall–Kier alpha value is -2.42. The lowest BCUT2D eigenvalue weighted by molar-refractivity contribution is -0.115. The largest absolute Gasteiger partial charge is 0.454 e. The lowest BCUT2D eigenvalue weighted by Crippen LogP contribution is -2.34. The molecule has 30 heavy (non-hydrogen) atoms. The SMILES string of the molecule is CC1CCN(c2nnc(SC(C)C(=O)Nc3ccc4c(c3)OCO4)n2C2CC2)CC1. The summed E-state index contributed by atoms with van der Waals surface area (Å²) in [6.07, 6.45) is 4.68. The Morgan fingerprint density at radius 2 is 1.93 bits per heavy atom. The number of piperidine rings is 1. The van der Waals surface area contributed by atoms with Gasteiger partial charge in [0.05, 0.1) is 5.25 Å². The number of amides is 1. The van der Waals surface area contributed by atoms with E-state index in [1.807, 2.05) is 19.1 Å². The van der Waals surface area contributed by atoms with Crippen LogP contribution in [0.5, 0.6) is 11.5 Å². The molecule has 0 radical (unpaired) electrons. The molecule has 3 heterocycles. The predicted octanol–water partition coefficient (Wildman–Crippen LogP) is 3.70. The summed E-state index contributed by atoms with van der Waals surface area (Å²) in [6, 6.07) is 5.89. The Labute approximate surface area is 180 Å². The molecule has 2 aliphatic heterocycles. The van der Waals surface area contributed by atoms with Crippen LogP contribution in [0.2, 0.25) is 0 Å². The zero-order valence-electron chi connectivity index (χ0n) is 17.3. The average molecular weight is 430 g/mol. The molecule has 2 aromatic rings. The van der Waals surface area contributed by atoms with E-state index in [1.165, 1.54) is 24.6 Å². The highest BCUT2D eigenvalue weighted by atomic mass is 32.2. The van der Waals surface area contributed by atoms with E-state index < -0.39 is 0 Å². The molecule has 9 heteroatoms. The fraction of sp³-hybridized carbons (Fsp3) is 0.571. The molecular formula is C21H27N5O3S. The van der Waals surface area contributed by atoms with Gasteiger partial charge in [-0.05, 0) is 50.7 Å². The van der Waals surface area contributed by atoms with Crippen molar-refractivity contribution in [3.63, 3.8) is 0 Å². The van der Waals surface area contributed by atoms with Crippen LogP contribution in [-0.2, 0) is 4.79 Å². The molecule has 5 rings (SSSR count). The molecule has 1 aromatic heterocycles. The second-order valence-corrected chi connectivity index (χ2v) is 9.68. The molecule has 2 fully saturated rings. The van der Waals surface area contributed by atoms with Crippen molar-refractivity contribution in [3.8, 4) is 11.5 Å². The monoisotopic (exact) mass is 429 g/mol. The van der Waals surface area contributed by atoms with Crippen molar-refractivity contribution in [3.05, 3.63) is 18.2 Å². The number of ether oxygens (including phenoxy) is 2. The van der Waals surface area contributed by atoms with Gasteiger partial charge in [0.2, 0.25) is 18.6 Å². The van der Waals surface area contributed by atoms with Crippen molar-refractivity contribution in [2.24, 2.45) is 5.92 Å². The number of fused-ring (bicyclic) bond motifs is 1. The van der Waals surface area contributed by atoms with Gasteiger partial charge in [0.15, 0.2) is 16.7 Å². The Morgan fingerprint density at radius 3 is 2.70 bits per heavy atom. The molecule has 0 bridgehead atoms. The summed E-state index contributed by atoms with van der Waals surface area (Å²) in [4.78, 5) is 15.1. The zero-order chi connectivity index (χ0) is 20.7. The van der Waals surface area contributed by atoms with E-state index in [0.29, 0.717) is 23.2 Å². The van der Waals surface area contributed by atoms with Crippen molar-refractivity contribution in [2.45, 2.75) is 56.0 Å². The third-order valence-corrected chi connectivity index (χ3v) is 6.97. The standard InChI is InChI=1S/C21H27N5O3S/c1-13-7-9-25(10-8-13)20-23-24-21(26(20)16-4-5-16)30-14(2)19(27)22-15-3-6-17-18(11-15)29-12-28-17/h3,6,11,13-14,16H,4-5,7-10,12H2,1-2H3,(H,22,27). The van der Waals surface area contributed by atoms with Gasteiger partial charge in [-0.3, -0.25) is 9.36 Å². The molecule has 160 valence electrons. The summed E-state index contributed by atoms with van der Waals surface area (Å²) < 4.78 is 13.0. The second-order valence-electron chi connectivity index (χ2n) is 8.37. The number of rotatable bonds is 6. The van der Waals surface area contributed by atoms with Gasteiger partial charge in [0.1, 0.15) is 0 Å². The van der Waals surface area contributed by atoms with E-state index in [-0.39, 0.29) is 18.0 Å². The van der Waals surface area contributed by atoms with Gasteiger partial charge >= 0.3 is 0 Å². The lowest BCUT2D eigenvalue weighted by Gasteiger charge is -2.31. The van der Waals surface area contributed by atoms with Crippen LogP contribution in [0.4, 0.5) is 11.6 Å². The van der Waals surface area contributed by atoms with Gasteiger partial charge in [-0.2, -0.15) is 0 Å². The van der Waals surface area contributed by atoms with Gasteiger partial charge in [-0.1, -0.05) is 18.7 Å². The summed E-state index contributed by atoms with van der Waals surface area (Å²) in [5, 5.41) is 12.5. The normalized spacial score (nSPS) is 19.7. The number of carbonyl (C=O) groups excluding carboxylic acids is 1. The van der Waals surface area contributed by atoms with E-state index in [9.17, 15) is 4.79 Å². The Bertz CT molecular complexity index is 937. The smallest absolute Gasteiger partial charge is 0.237 e. The van der Waals surface area contributed by atoms with Gasteiger partial charge in [-0.15, -0.1) is 10.2 Å². The molecule has 1 N–H and O–H groups in total. The quantitative estimate of drug-likeness (QED) is 0.701. The summed E-state index contributed by atoms with van der Waals surface area (Å²) in [5.74, 6) is 3.02. The van der Waals surface area contributed by atoms with E-state index in [0.717, 1.165) is 43.0 Å². The molecule has 0 spiro atoms. The number of carbonyl (C=O) groups is 1. The van der Waals surface area contributed by atoms with E-state index in [1.54, 1.807) is 6.07 Å². The van der Waals surface area contributed by atoms with Crippen LogP contribution in [-0.4, -0.2) is 45.8 Å². The molecule has 1 saturated carbocycles. The van der Waals surface area contributed by atoms with Crippen molar-refractivity contribution < 1.29 is 14.3 Å². The van der Waals surface area contributed by atoms with E-state index in [2.05, 4.69) is 31.9 Å². The molecule has 1 saturated heterocycles. The van der Waals surface area contributed by atoms with Crippen molar-refractivity contribution in [1.82, 2.24) is 14.8 Å². The first-order valence-corrected chi connectivity index (χ1v) is 11.5. The van der Waals surface area contributed by atoms with Crippen molar-refractivity contribution in [1.29, 1.82) is 0 Å². The van der Waals surface area contributed by atoms with Crippen LogP contribution in [0.25, 0.3) is 0 Å². The van der Waals surface area contributed by atoms with Gasteiger partial charge < -0.3 is 19.7 Å².